The van der Waals surface area contributed by atoms with E-state index in [-0.39, 0.29) is 28.2 Å². The first-order valence-corrected chi connectivity index (χ1v) is 6.91. The van der Waals surface area contributed by atoms with Crippen LogP contribution in [0.2, 0.25) is 10.0 Å². The van der Waals surface area contributed by atoms with Gasteiger partial charge in [0.25, 0.3) is 0 Å². The molecule has 0 spiro atoms. The minimum atomic E-state index is -0.191. The maximum Gasteiger partial charge on any atom is 0.204 e. The van der Waals surface area contributed by atoms with Crippen LogP contribution in [0.25, 0.3) is 0 Å². The number of halogens is 2. The van der Waals surface area contributed by atoms with Crippen molar-refractivity contribution in [1.82, 2.24) is 0 Å². The van der Waals surface area contributed by atoms with Gasteiger partial charge in [-0.1, -0.05) is 29.3 Å². The Labute approximate surface area is 123 Å². The second-order valence-electron chi connectivity index (χ2n) is 3.52. The van der Waals surface area contributed by atoms with Crippen LogP contribution < -0.4 is 4.74 Å². The maximum absolute atomic E-state index is 12.2. The van der Waals surface area contributed by atoms with Crippen LogP contribution >= 0.6 is 34.5 Å². The first-order chi connectivity index (χ1) is 9.15. The third kappa shape index (κ3) is 2.97. The van der Waals surface area contributed by atoms with E-state index in [1.54, 1.807) is 12.1 Å². The molecule has 0 fully saturated rings. The average molecular weight is 315 g/mol. The number of hydrogen-bond acceptors (Lipinski definition) is 4. The number of carbonyl (C=O) groups is 2. The normalized spacial score (nSPS) is 10.2. The van der Waals surface area contributed by atoms with Gasteiger partial charge in [0.05, 0.1) is 9.90 Å². The summed E-state index contributed by atoms with van der Waals surface area (Å²) in [5.74, 6) is 0.0883. The molecule has 1 aromatic heterocycles. The number of aldehydes is 1. The van der Waals surface area contributed by atoms with Crippen LogP contribution in [0.5, 0.6) is 5.75 Å². The molecule has 1 aromatic carbocycles. The highest BCUT2D eigenvalue weighted by atomic mass is 35.5. The van der Waals surface area contributed by atoms with Gasteiger partial charge in [-0.05, 0) is 23.6 Å². The fraction of sp³-hybridized carbons (Fsp3) is 0.0769. The second kappa shape index (κ2) is 6.19. The highest BCUT2D eigenvalue weighted by Crippen LogP contribution is 2.35. The van der Waals surface area contributed by atoms with Crippen LogP contribution in [0.3, 0.4) is 0 Å². The largest absolute Gasteiger partial charge is 0.485 e. The fourth-order valence-electron chi connectivity index (χ4n) is 1.48. The molecule has 2 rings (SSSR count). The van der Waals surface area contributed by atoms with E-state index in [4.69, 9.17) is 27.9 Å². The van der Waals surface area contributed by atoms with E-state index in [0.29, 0.717) is 16.7 Å². The predicted octanol–water partition coefficient (Wildman–Crippen LogP) is 3.86. The van der Waals surface area contributed by atoms with Gasteiger partial charge in [0, 0.05) is 5.56 Å². The number of benzene rings is 1. The van der Waals surface area contributed by atoms with E-state index in [0.717, 1.165) is 0 Å². The summed E-state index contributed by atoms with van der Waals surface area (Å²) in [5, 5.41) is 2.07. The standard InChI is InChI=1S/C13H8Cl2O3S/c14-11-8(13(17)10-2-1-7-19-10)3-4-9(12(11)15)18-6-5-16/h1-5,7H,6H2. The lowest BCUT2D eigenvalue weighted by Gasteiger charge is -2.09. The van der Waals surface area contributed by atoms with Crippen molar-refractivity contribution >= 4 is 46.6 Å². The van der Waals surface area contributed by atoms with Crippen LogP contribution in [0.4, 0.5) is 0 Å². The SMILES string of the molecule is O=CCOc1ccc(C(=O)c2cccs2)c(Cl)c1Cl. The molecular weight excluding hydrogens is 307 g/mol. The Morgan fingerprint density at radius 1 is 1.26 bits per heavy atom. The molecule has 0 amide bonds. The summed E-state index contributed by atoms with van der Waals surface area (Å²) in [5.41, 5.74) is 0.313. The molecule has 0 unspecified atom stereocenters. The van der Waals surface area contributed by atoms with Crippen LogP contribution in [0.15, 0.2) is 29.6 Å². The molecule has 0 aliphatic carbocycles. The monoisotopic (exact) mass is 314 g/mol. The van der Waals surface area contributed by atoms with E-state index in [2.05, 4.69) is 0 Å². The highest BCUT2D eigenvalue weighted by molar-refractivity contribution is 7.12. The zero-order valence-corrected chi connectivity index (χ0v) is 11.9. The van der Waals surface area contributed by atoms with Gasteiger partial charge in [0.2, 0.25) is 5.78 Å². The van der Waals surface area contributed by atoms with E-state index in [1.807, 2.05) is 5.38 Å². The van der Waals surface area contributed by atoms with Crippen molar-refractivity contribution in [2.45, 2.75) is 0 Å². The van der Waals surface area contributed by atoms with Crippen LogP contribution in [-0.2, 0) is 4.79 Å². The Balaban J connectivity index is 2.36. The van der Waals surface area contributed by atoms with Gasteiger partial charge in [-0.25, -0.2) is 0 Å². The van der Waals surface area contributed by atoms with Crippen LogP contribution in [-0.4, -0.2) is 18.7 Å². The van der Waals surface area contributed by atoms with Crippen molar-refractivity contribution in [1.29, 1.82) is 0 Å². The van der Waals surface area contributed by atoms with E-state index >= 15 is 0 Å². The van der Waals surface area contributed by atoms with Crippen molar-refractivity contribution in [3.8, 4) is 5.75 Å². The first-order valence-electron chi connectivity index (χ1n) is 5.27. The van der Waals surface area contributed by atoms with Crippen LogP contribution in [0, 0.1) is 0 Å². The minimum absolute atomic E-state index is 0.117. The molecule has 0 atom stereocenters. The lowest BCUT2D eigenvalue weighted by molar-refractivity contribution is -0.109. The predicted molar refractivity (Wildman–Crippen MR) is 75.8 cm³/mol. The van der Waals surface area contributed by atoms with Gasteiger partial charge >= 0.3 is 0 Å². The highest BCUT2D eigenvalue weighted by Gasteiger charge is 2.18. The van der Waals surface area contributed by atoms with E-state index in [1.165, 1.54) is 23.5 Å². The molecular formula is C13H8Cl2O3S. The molecule has 6 heteroatoms. The third-order valence-corrected chi connectivity index (χ3v) is 4.08. The molecule has 0 N–H and O–H groups in total. The number of carbonyl (C=O) groups excluding carboxylic acids is 2. The van der Waals surface area contributed by atoms with Crippen molar-refractivity contribution in [3.63, 3.8) is 0 Å². The fourth-order valence-corrected chi connectivity index (χ4v) is 2.62. The summed E-state index contributed by atoms with van der Waals surface area (Å²) in [4.78, 5) is 23.0. The summed E-state index contributed by atoms with van der Waals surface area (Å²) in [6.45, 7) is -0.117. The van der Waals surface area contributed by atoms with Crippen molar-refractivity contribution < 1.29 is 14.3 Å². The molecule has 3 nitrogen and oxygen atoms in total. The Hall–Kier alpha value is -1.36. The van der Waals surface area contributed by atoms with Gasteiger partial charge in [-0.15, -0.1) is 11.3 Å². The number of ether oxygens (including phenoxy) is 1. The summed E-state index contributed by atoms with van der Waals surface area (Å²) in [7, 11) is 0. The second-order valence-corrected chi connectivity index (χ2v) is 5.23. The summed E-state index contributed by atoms with van der Waals surface area (Å²) in [6, 6.07) is 6.57. The lowest BCUT2D eigenvalue weighted by atomic mass is 10.1. The minimum Gasteiger partial charge on any atom is -0.485 e. The molecule has 0 aliphatic rings. The first kappa shape index (κ1) is 14.1. The Morgan fingerprint density at radius 2 is 2.05 bits per heavy atom. The average Bonchev–Trinajstić information content (AvgIpc) is 2.94. The summed E-state index contributed by atoms with van der Waals surface area (Å²) >= 11 is 13.4. The Bertz CT molecular complexity index is 609. The molecule has 0 aliphatic heterocycles. The molecule has 0 saturated carbocycles. The molecule has 0 saturated heterocycles. The Kier molecular flexibility index (Phi) is 4.58. The zero-order chi connectivity index (χ0) is 13.8. The molecule has 98 valence electrons. The van der Waals surface area contributed by atoms with Gasteiger partial charge in [-0.2, -0.15) is 0 Å². The summed E-state index contributed by atoms with van der Waals surface area (Å²) in [6.07, 6.45) is 0.606. The number of thiophene rings is 1. The summed E-state index contributed by atoms with van der Waals surface area (Å²) < 4.78 is 5.10. The Morgan fingerprint density at radius 3 is 2.68 bits per heavy atom. The molecule has 0 bridgehead atoms. The van der Waals surface area contributed by atoms with Crippen molar-refractivity contribution in [3.05, 3.63) is 50.1 Å². The molecule has 19 heavy (non-hydrogen) atoms. The zero-order valence-electron chi connectivity index (χ0n) is 9.56. The maximum atomic E-state index is 12.2. The smallest absolute Gasteiger partial charge is 0.204 e. The molecule has 2 aromatic rings. The van der Waals surface area contributed by atoms with Crippen molar-refractivity contribution in [2.24, 2.45) is 0 Å². The van der Waals surface area contributed by atoms with E-state index in [9.17, 15) is 9.59 Å². The van der Waals surface area contributed by atoms with Gasteiger partial charge in [-0.3, -0.25) is 9.59 Å². The number of rotatable bonds is 5. The molecule has 0 radical (unpaired) electrons. The number of ketones is 1. The van der Waals surface area contributed by atoms with Crippen molar-refractivity contribution in [2.75, 3.05) is 6.61 Å². The number of hydrogen-bond donors (Lipinski definition) is 0. The quantitative estimate of drug-likeness (QED) is 0.621. The van der Waals surface area contributed by atoms with E-state index < -0.39 is 0 Å². The third-order valence-electron chi connectivity index (χ3n) is 2.34. The molecule has 1 heterocycles. The lowest BCUT2D eigenvalue weighted by Crippen LogP contribution is -2.03. The van der Waals surface area contributed by atoms with Gasteiger partial charge in [0.15, 0.2) is 6.29 Å². The van der Waals surface area contributed by atoms with Gasteiger partial charge < -0.3 is 4.74 Å². The van der Waals surface area contributed by atoms with Crippen LogP contribution in [0.1, 0.15) is 15.2 Å². The topological polar surface area (TPSA) is 43.4 Å². The van der Waals surface area contributed by atoms with Gasteiger partial charge in [0.1, 0.15) is 17.4 Å².